The van der Waals surface area contributed by atoms with Gasteiger partial charge in [-0.05, 0) is 53.2 Å². The Morgan fingerprint density at radius 2 is 1.90 bits per heavy atom. The predicted molar refractivity (Wildman–Crippen MR) is 111 cm³/mol. The predicted octanol–water partition coefficient (Wildman–Crippen LogP) is 4.55. The molecule has 0 amide bonds. The van der Waals surface area contributed by atoms with Gasteiger partial charge < -0.3 is 14.5 Å². The molecule has 1 aromatic carbocycles. The van der Waals surface area contributed by atoms with E-state index >= 15 is 0 Å². The van der Waals surface area contributed by atoms with Crippen molar-refractivity contribution >= 4 is 16.9 Å². The second kappa shape index (κ2) is 7.25. The standard InChI is InChI=1S/C23H24N2O4/c1-12-11-17(26)15-9-8-10-16(21(15)28-12)19-18(22(27)29-23(4,5)6)13(2)25-14(3)20(19)24-7/h8-11,19,25H,1-6H3. The fourth-order valence-corrected chi connectivity index (χ4v) is 3.58. The van der Waals surface area contributed by atoms with Crippen LogP contribution in [0.1, 0.15) is 51.9 Å². The summed E-state index contributed by atoms with van der Waals surface area (Å²) in [5, 5.41) is 3.53. The summed E-state index contributed by atoms with van der Waals surface area (Å²) in [6, 6.07) is 6.64. The summed E-state index contributed by atoms with van der Waals surface area (Å²) >= 11 is 0. The van der Waals surface area contributed by atoms with Crippen molar-refractivity contribution in [3.63, 3.8) is 0 Å². The molecule has 1 atom stereocenters. The van der Waals surface area contributed by atoms with E-state index in [4.69, 9.17) is 15.7 Å². The van der Waals surface area contributed by atoms with Crippen LogP contribution in [0.15, 0.2) is 56.1 Å². The van der Waals surface area contributed by atoms with E-state index in [0.717, 1.165) is 0 Å². The number of hydrogen-bond acceptors (Lipinski definition) is 5. The number of fused-ring (bicyclic) bond motifs is 1. The van der Waals surface area contributed by atoms with Crippen LogP contribution >= 0.6 is 0 Å². The Morgan fingerprint density at radius 3 is 2.52 bits per heavy atom. The van der Waals surface area contributed by atoms with Gasteiger partial charge in [0.25, 0.3) is 0 Å². The molecule has 2 heterocycles. The molecule has 0 saturated carbocycles. The van der Waals surface area contributed by atoms with Crippen molar-refractivity contribution in [1.29, 1.82) is 0 Å². The number of esters is 1. The van der Waals surface area contributed by atoms with E-state index in [1.165, 1.54) is 6.07 Å². The molecule has 0 saturated heterocycles. The van der Waals surface area contributed by atoms with Gasteiger partial charge in [-0.3, -0.25) is 4.79 Å². The molecule has 1 aromatic heterocycles. The van der Waals surface area contributed by atoms with Crippen LogP contribution in [0, 0.1) is 13.5 Å². The van der Waals surface area contributed by atoms with Gasteiger partial charge in [-0.2, -0.15) is 0 Å². The van der Waals surface area contributed by atoms with Crippen molar-refractivity contribution in [2.75, 3.05) is 0 Å². The van der Waals surface area contributed by atoms with Crippen LogP contribution in [0.3, 0.4) is 0 Å². The van der Waals surface area contributed by atoms with Gasteiger partial charge in [-0.15, -0.1) is 0 Å². The van der Waals surface area contributed by atoms with Crippen LogP contribution in [0.25, 0.3) is 15.8 Å². The highest BCUT2D eigenvalue weighted by Gasteiger charge is 2.37. The van der Waals surface area contributed by atoms with E-state index in [-0.39, 0.29) is 5.43 Å². The molecule has 0 aliphatic carbocycles. The molecule has 3 rings (SSSR count). The monoisotopic (exact) mass is 392 g/mol. The number of nitrogens with zero attached hydrogens (tertiary/aromatic N) is 1. The Labute approximate surface area is 169 Å². The largest absolute Gasteiger partial charge is 0.461 e. The summed E-state index contributed by atoms with van der Waals surface area (Å²) in [5.41, 5.74) is 2.10. The third-order valence-electron chi connectivity index (χ3n) is 4.68. The molecule has 6 heteroatoms. The minimum atomic E-state index is -0.697. The Bertz CT molecular complexity index is 1170. The number of nitrogens with one attached hydrogen (secondary N) is 1. The number of para-hydroxylation sites is 1. The highest BCUT2D eigenvalue weighted by molar-refractivity contribution is 5.94. The number of carbonyl (C=O) groups excluding carboxylic acids is 1. The van der Waals surface area contributed by atoms with Gasteiger partial charge in [0, 0.05) is 17.5 Å². The van der Waals surface area contributed by atoms with Crippen molar-refractivity contribution in [3.05, 3.63) is 79.9 Å². The number of dihydropyridines is 1. The lowest BCUT2D eigenvalue weighted by molar-refractivity contribution is -0.150. The Kier molecular flexibility index (Phi) is 5.10. The first-order valence-electron chi connectivity index (χ1n) is 9.36. The summed E-state index contributed by atoms with van der Waals surface area (Å²) in [4.78, 5) is 29.3. The summed E-state index contributed by atoms with van der Waals surface area (Å²) in [6.45, 7) is 18.4. The normalized spacial score (nSPS) is 17.2. The summed E-state index contributed by atoms with van der Waals surface area (Å²) in [5.74, 6) is -0.737. The number of hydrogen-bond donors (Lipinski definition) is 1. The van der Waals surface area contributed by atoms with E-state index in [1.54, 1.807) is 59.7 Å². The van der Waals surface area contributed by atoms with Crippen LogP contribution in [-0.2, 0) is 9.53 Å². The highest BCUT2D eigenvalue weighted by atomic mass is 16.6. The average Bonchev–Trinajstić information content (AvgIpc) is 2.59. The maximum absolute atomic E-state index is 13.1. The van der Waals surface area contributed by atoms with Crippen LogP contribution in [-0.4, -0.2) is 11.6 Å². The summed E-state index contributed by atoms with van der Waals surface area (Å²) in [6.07, 6.45) is 0. The summed E-state index contributed by atoms with van der Waals surface area (Å²) in [7, 11) is 0. The lowest BCUT2D eigenvalue weighted by Crippen LogP contribution is -2.32. The van der Waals surface area contributed by atoms with E-state index < -0.39 is 17.5 Å². The first-order chi connectivity index (χ1) is 13.5. The Morgan fingerprint density at radius 1 is 1.21 bits per heavy atom. The second-order valence-electron chi connectivity index (χ2n) is 8.17. The molecule has 2 aromatic rings. The number of rotatable bonds is 2. The third kappa shape index (κ3) is 3.81. The fourth-order valence-electron chi connectivity index (χ4n) is 3.58. The van der Waals surface area contributed by atoms with Crippen LogP contribution in [0.4, 0.5) is 0 Å². The zero-order valence-corrected chi connectivity index (χ0v) is 17.5. The molecule has 1 N–H and O–H groups in total. The van der Waals surface area contributed by atoms with Crippen LogP contribution in [0.2, 0.25) is 0 Å². The Hall–Kier alpha value is -3.33. The van der Waals surface area contributed by atoms with Crippen molar-refractivity contribution in [2.45, 2.75) is 53.1 Å². The molecule has 29 heavy (non-hydrogen) atoms. The lowest BCUT2D eigenvalue weighted by atomic mass is 9.83. The molecule has 6 nitrogen and oxygen atoms in total. The molecule has 0 spiro atoms. The van der Waals surface area contributed by atoms with Crippen molar-refractivity contribution in [3.8, 4) is 0 Å². The van der Waals surface area contributed by atoms with Gasteiger partial charge in [0.15, 0.2) is 11.1 Å². The quantitative estimate of drug-likeness (QED) is 0.599. The number of ether oxygens (including phenoxy) is 1. The van der Waals surface area contributed by atoms with Crippen LogP contribution in [0.5, 0.6) is 0 Å². The number of allylic oxidation sites excluding steroid dienone is 3. The van der Waals surface area contributed by atoms with Crippen molar-refractivity contribution < 1.29 is 13.9 Å². The van der Waals surface area contributed by atoms with E-state index in [2.05, 4.69) is 10.2 Å². The molecule has 1 aliphatic heterocycles. The number of benzene rings is 1. The van der Waals surface area contributed by atoms with E-state index in [9.17, 15) is 9.59 Å². The fraction of sp³-hybridized carbons (Fsp3) is 0.348. The zero-order chi connectivity index (χ0) is 21.5. The molecule has 1 aliphatic rings. The molecular weight excluding hydrogens is 368 g/mol. The van der Waals surface area contributed by atoms with Gasteiger partial charge in [-0.25, -0.2) is 9.64 Å². The molecule has 0 fully saturated rings. The maximum atomic E-state index is 13.1. The minimum absolute atomic E-state index is 0.163. The lowest BCUT2D eigenvalue weighted by Gasteiger charge is -2.30. The van der Waals surface area contributed by atoms with Gasteiger partial charge in [0.1, 0.15) is 16.9 Å². The van der Waals surface area contributed by atoms with E-state index in [0.29, 0.717) is 45.0 Å². The topological polar surface area (TPSA) is 72.9 Å². The summed E-state index contributed by atoms with van der Waals surface area (Å²) < 4.78 is 11.5. The van der Waals surface area contributed by atoms with Gasteiger partial charge >= 0.3 is 5.97 Å². The molecule has 0 bridgehead atoms. The van der Waals surface area contributed by atoms with Gasteiger partial charge in [-0.1, -0.05) is 12.1 Å². The first-order valence-corrected chi connectivity index (χ1v) is 9.36. The molecule has 0 radical (unpaired) electrons. The van der Waals surface area contributed by atoms with Crippen LogP contribution < -0.4 is 10.7 Å². The van der Waals surface area contributed by atoms with Gasteiger partial charge in [0.2, 0.25) is 0 Å². The average molecular weight is 392 g/mol. The van der Waals surface area contributed by atoms with Gasteiger partial charge in [0.05, 0.1) is 23.4 Å². The van der Waals surface area contributed by atoms with E-state index in [1.807, 2.05) is 0 Å². The molecular formula is C23H24N2O4. The van der Waals surface area contributed by atoms with Crippen molar-refractivity contribution in [2.24, 2.45) is 0 Å². The minimum Gasteiger partial charge on any atom is -0.461 e. The molecule has 1 unspecified atom stereocenters. The molecule has 150 valence electrons. The SMILES string of the molecule is [C-]#[N+]C1=C(C)NC(C)=C(C(=O)OC(C)(C)C)C1c1cccc2c(=O)cc(C)oc12. The first kappa shape index (κ1) is 20.4. The highest BCUT2D eigenvalue weighted by Crippen LogP contribution is 2.42. The zero-order valence-electron chi connectivity index (χ0n) is 17.5. The third-order valence-corrected chi connectivity index (χ3v) is 4.68. The van der Waals surface area contributed by atoms with Crippen molar-refractivity contribution in [1.82, 2.24) is 5.32 Å². The maximum Gasteiger partial charge on any atom is 0.335 e. The number of carbonyl (C=O) groups is 1. The smallest absolute Gasteiger partial charge is 0.335 e. The Balaban J connectivity index is 2.32. The second-order valence-corrected chi connectivity index (χ2v) is 8.17. The number of aryl methyl sites for hydroxylation is 1.